The van der Waals surface area contributed by atoms with E-state index in [1.54, 1.807) is 13.1 Å². The summed E-state index contributed by atoms with van der Waals surface area (Å²) in [4.78, 5) is 1.49. The van der Waals surface area contributed by atoms with Gasteiger partial charge in [-0.15, -0.1) is 0 Å². The molecule has 0 atom stereocenters. The monoisotopic (exact) mass is 281 g/mol. The summed E-state index contributed by atoms with van der Waals surface area (Å²) in [7, 11) is 1.60. The van der Waals surface area contributed by atoms with Crippen LogP contribution in [0, 0.1) is 5.82 Å². The van der Waals surface area contributed by atoms with E-state index in [-0.39, 0.29) is 12.4 Å². The fraction of sp³-hybridized carbons (Fsp3) is 0.400. The number of halogens is 4. The molecule has 1 rings (SSSR count). The maximum Gasteiger partial charge on any atom is 0.251 e. The van der Waals surface area contributed by atoms with Crippen molar-refractivity contribution < 1.29 is 13.2 Å². The first-order valence-electron chi connectivity index (χ1n) is 4.39. The fourth-order valence-corrected chi connectivity index (χ4v) is 1.72. The Morgan fingerprint density at radius 1 is 1.40 bits per heavy atom. The Morgan fingerprint density at radius 2 is 2.07 bits per heavy atom. The molecule has 84 valence electrons. The van der Waals surface area contributed by atoms with E-state index in [2.05, 4.69) is 15.9 Å². The van der Waals surface area contributed by atoms with Crippen molar-refractivity contribution in [3.63, 3.8) is 0 Å². The van der Waals surface area contributed by atoms with Crippen molar-refractivity contribution in [2.45, 2.75) is 13.0 Å². The van der Waals surface area contributed by atoms with E-state index in [0.29, 0.717) is 11.0 Å². The molecule has 0 radical (unpaired) electrons. The Bertz CT molecular complexity index is 330. The van der Waals surface area contributed by atoms with Crippen molar-refractivity contribution in [1.82, 2.24) is 4.90 Å². The topological polar surface area (TPSA) is 3.24 Å². The molecule has 0 amide bonds. The maximum atomic E-state index is 12.7. The standard InChI is InChI=1S/C10H11BrF3N/c1-15(6-10(13)14)5-7-2-3-8(12)4-9(7)11/h2-4,10H,5-6H2,1H3. The van der Waals surface area contributed by atoms with Crippen molar-refractivity contribution in [3.05, 3.63) is 34.1 Å². The van der Waals surface area contributed by atoms with Crippen molar-refractivity contribution >= 4 is 15.9 Å². The van der Waals surface area contributed by atoms with Gasteiger partial charge >= 0.3 is 0 Å². The third kappa shape index (κ3) is 4.22. The lowest BCUT2D eigenvalue weighted by Crippen LogP contribution is -2.24. The summed E-state index contributed by atoms with van der Waals surface area (Å²) in [5.41, 5.74) is 0.791. The van der Waals surface area contributed by atoms with Crippen LogP contribution in [0.15, 0.2) is 22.7 Å². The van der Waals surface area contributed by atoms with Gasteiger partial charge < -0.3 is 0 Å². The summed E-state index contributed by atoms with van der Waals surface area (Å²) in [5, 5.41) is 0. The van der Waals surface area contributed by atoms with Gasteiger partial charge in [0.15, 0.2) is 0 Å². The fourth-order valence-electron chi connectivity index (χ4n) is 1.24. The second-order valence-corrected chi connectivity index (χ2v) is 4.18. The van der Waals surface area contributed by atoms with Gasteiger partial charge in [0.1, 0.15) is 5.82 Å². The smallest absolute Gasteiger partial charge is 0.251 e. The van der Waals surface area contributed by atoms with Crippen LogP contribution in [-0.2, 0) is 6.54 Å². The molecule has 0 aliphatic rings. The molecule has 0 aromatic heterocycles. The van der Waals surface area contributed by atoms with Crippen molar-refractivity contribution in [2.75, 3.05) is 13.6 Å². The SMILES string of the molecule is CN(Cc1ccc(F)cc1Br)CC(F)F. The van der Waals surface area contributed by atoms with E-state index in [1.165, 1.54) is 17.0 Å². The second-order valence-electron chi connectivity index (χ2n) is 3.32. The first kappa shape index (κ1) is 12.5. The minimum atomic E-state index is -2.35. The first-order chi connectivity index (χ1) is 6.99. The molecule has 1 aromatic carbocycles. The molecule has 0 unspecified atom stereocenters. The van der Waals surface area contributed by atoms with Gasteiger partial charge in [0.25, 0.3) is 6.43 Å². The molecule has 0 saturated carbocycles. The Kier molecular flexibility index (Phi) is 4.60. The molecule has 0 N–H and O–H groups in total. The highest BCUT2D eigenvalue weighted by molar-refractivity contribution is 9.10. The van der Waals surface area contributed by atoms with E-state index < -0.39 is 6.43 Å². The van der Waals surface area contributed by atoms with Gasteiger partial charge in [-0.25, -0.2) is 13.2 Å². The molecule has 0 heterocycles. The number of hydrogen-bond acceptors (Lipinski definition) is 1. The van der Waals surface area contributed by atoms with Crippen LogP contribution in [-0.4, -0.2) is 24.9 Å². The normalized spacial score (nSPS) is 11.4. The summed E-state index contributed by atoms with van der Waals surface area (Å²) in [6.07, 6.45) is -2.35. The zero-order valence-corrected chi connectivity index (χ0v) is 9.77. The number of alkyl halides is 2. The van der Waals surface area contributed by atoms with E-state index >= 15 is 0 Å². The Balaban J connectivity index is 2.64. The number of rotatable bonds is 4. The van der Waals surface area contributed by atoms with Gasteiger partial charge in [-0.1, -0.05) is 22.0 Å². The van der Waals surface area contributed by atoms with Gasteiger partial charge in [0.05, 0.1) is 6.54 Å². The molecule has 1 nitrogen and oxygen atoms in total. The van der Waals surface area contributed by atoms with Crippen LogP contribution in [0.1, 0.15) is 5.56 Å². The molecule has 0 aliphatic carbocycles. The van der Waals surface area contributed by atoms with Crippen LogP contribution < -0.4 is 0 Å². The Labute approximate surface area is 95.0 Å². The summed E-state index contributed by atoms with van der Waals surface area (Å²) < 4.78 is 37.4. The Hall–Kier alpha value is -0.550. The van der Waals surface area contributed by atoms with Crippen LogP contribution in [0.5, 0.6) is 0 Å². The van der Waals surface area contributed by atoms with Gasteiger partial charge in [-0.05, 0) is 24.7 Å². The molecule has 15 heavy (non-hydrogen) atoms. The second kappa shape index (κ2) is 5.51. The lowest BCUT2D eigenvalue weighted by atomic mass is 10.2. The Morgan fingerprint density at radius 3 is 2.60 bits per heavy atom. The zero-order valence-electron chi connectivity index (χ0n) is 8.18. The number of nitrogens with zero attached hydrogens (tertiary/aromatic N) is 1. The van der Waals surface area contributed by atoms with E-state index in [4.69, 9.17) is 0 Å². The summed E-state index contributed by atoms with van der Waals surface area (Å²) in [5.74, 6) is -0.345. The molecule has 0 fully saturated rings. The van der Waals surface area contributed by atoms with E-state index in [0.717, 1.165) is 5.56 Å². The lowest BCUT2D eigenvalue weighted by Gasteiger charge is -2.16. The van der Waals surface area contributed by atoms with Crippen molar-refractivity contribution in [3.8, 4) is 0 Å². The molecule has 0 saturated heterocycles. The highest BCUT2D eigenvalue weighted by Gasteiger charge is 2.09. The van der Waals surface area contributed by atoms with Gasteiger partial charge in [0.2, 0.25) is 0 Å². The van der Waals surface area contributed by atoms with Crippen LogP contribution in [0.4, 0.5) is 13.2 Å². The lowest BCUT2D eigenvalue weighted by molar-refractivity contribution is 0.0974. The van der Waals surface area contributed by atoms with Gasteiger partial charge in [-0.2, -0.15) is 0 Å². The van der Waals surface area contributed by atoms with Crippen LogP contribution in [0.25, 0.3) is 0 Å². The third-order valence-corrected chi connectivity index (χ3v) is 2.64. The average Bonchev–Trinajstić information content (AvgIpc) is 2.08. The minimum absolute atomic E-state index is 0.288. The van der Waals surface area contributed by atoms with Gasteiger partial charge in [0, 0.05) is 11.0 Å². The molecular weight excluding hydrogens is 271 g/mol. The largest absolute Gasteiger partial charge is 0.296 e. The summed E-state index contributed by atoms with van der Waals surface area (Å²) in [6.45, 7) is 0.0784. The van der Waals surface area contributed by atoms with Crippen molar-refractivity contribution in [1.29, 1.82) is 0 Å². The average molecular weight is 282 g/mol. The molecule has 0 spiro atoms. The highest BCUT2D eigenvalue weighted by Crippen LogP contribution is 2.19. The summed E-state index contributed by atoms with van der Waals surface area (Å²) >= 11 is 3.19. The predicted molar refractivity (Wildman–Crippen MR) is 56.4 cm³/mol. The van der Waals surface area contributed by atoms with Crippen molar-refractivity contribution in [2.24, 2.45) is 0 Å². The molecule has 0 aliphatic heterocycles. The number of hydrogen-bond donors (Lipinski definition) is 0. The summed E-state index contributed by atoms with van der Waals surface area (Å²) in [6, 6.07) is 4.23. The van der Waals surface area contributed by atoms with Crippen LogP contribution in [0.2, 0.25) is 0 Å². The van der Waals surface area contributed by atoms with Crippen LogP contribution in [0.3, 0.4) is 0 Å². The van der Waals surface area contributed by atoms with E-state index in [9.17, 15) is 13.2 Å². The minimum Gasteiger partial charge on any atom is -0.296 e. The first-order valence-corrected chi connectivity index (χ1v) is 5.19. The molecular formula is C10H11BrF3N. The highest BCUT2D eigenvalue weighted by atomic mass is 79.9. The predicted octanol–water partition coefficient (Wildman–Crippen LogP) is 3.29. The quantitative estimate of drug-likeness (QED) is 0.819. The third-order valence-electron chi connectivity index (χ3n) is 1.91. The molecule has 5 heteroatoms. The van der Waals surface area contributed by atoms with E-state index in [1.807, 2.05) is 0 Å². The number of benzene rings is 1. The van der Waals surface area contributed by atoms with Crippen LogP contribution >= 0.6 is 15.9 Å². The zero-order chi connectivity index (χ0) is 11.4. The molecule has 1 aromatic rings. The maximum absolute atomic E-state index is 12.7. The molecule has 0 bridgehead atoms. The van der Waals surface area contributed by atoms with Gasteiger partial charge in [-0.3, -0.25) is 4.90 Å².